The Hall–Kier alpha value is -2.57. The van der Waals surface area contributed by atoms with Crippen molar-refractivity contribution in [3.05, 3.63) is 29.8 Å². The summed E-state index contributed by atoms with van der Waals surface area (Å²) in [4.78, 5) is 39.1. The molecule has 1 aliphatic carbocycles. The maximum Gasteiger partial charge on any atom is 0.251 e. The highest BCUT2D eigenvalue weighted by Crippen LogP contribution is 2.29. The van der Waals surface area contributed by atoms with E-state index in [0.717, 1.165) is 19.3 Å². The highest BCUT2D eigenvalue weighted by atomic mass is 16.5. The van der Waals surface area contributed by atoms with Gasteiger partial charge in [-0.3, -0.25) is 14.4 Å². The minimum Gasteiger partial charge on any atom is -0.497 e. The third-order valence-corrected chi connectivity index (χ3v) is 6.41. The van der Waals surface area contributed by atoms with E-state index in [1.807, 2.05) is 0 Å². The van der Waals surface area contributed by atoms with Crippen LogP contribution in [0.4, 0.5) is 0 Å². The van der Waals surface area contributed by atoms with Gasteiger partial charge in [-0.15, -0.1) is 0 Å². The third-order valence-electron chi connectivity index (χ3n) is 6.41. The average Bonchev–Trinajstić information content (AvgIpc) is 3.49. The normalized spacial score (nSPS) is 18.7. The maximum absolute atomic E-state index is 12.6. The van der Waals surface area contributed by atoms with Crippen LogP contribution >= 0.6 is 0 Å². The molecule has 1 aromatic carbocycles. The second kappa shape index (κ2) is 11.7. The van der Waals surface area contributed by atoms with E-state index >= 15 is 0 Å². The minimum atomic E-state index is -0.343. The molecule has 170 valence electrons. The summed E-state index contributed by atoms with van der Waals surface area (Å²) in [5.41, 5.74) is 0.572. The lowest BCUT2D eigenvalue weighted by molar-refractivity contribution is -0.138. The first-order valence-electron chi connectivity index (χ1n) is 11.6. The number of carbonyl (C=O) groups is 3. The van der Waals surface area contributed by atoms with Crippen molar-refractivity contribution in [2.75, 3.05) is 26.7 Å². The van der Waals surface area contributed by atoms with Crippen molar-refractivity contribution in [3.63, 3.8) is 0 Å². The van der Waals surface area contributed by atoms with Crippen LogP contribution in [0.3, 0.4) is 0 Å². The number of benzene rings is 1. The molecule has 1 saturated carbocycles. The number of carbonyl (C=O) groups excluding carboxylic acids is 3. The summed E-state index contributed by atoms with van der Waals surface area (Å²) >= 11 is 0. The standard InChI is InChI=1S/C24H35N3O4/c1-31-20-12-10-19(11-13-20)23(29)25-15-5-16-26-24(30)21-8-4-17-27(21)22(28)14-9-18-6-2-3-7-18/h10-13,18,21H,2-9,14-17H2,1H3,(H,25,29)(H,26,30)/t21-/m0/s1. The lowest BCUT2D eigenvalue weighted by atomic mass is 10.0. The second-order valence-electron chi connectivity index (χ2n) is 8.56. The van der Waals surface area contributed by atoms with E-state index in [2.05, 4.69) is 10.6 Å². The Morgan fingerprint density at radius 3 is 2.42 bits per heavy atom. The zero-order chi connectivity index (χ0) is 22.1. The topological polar surface area (TPSA) is 87.7 Å². The van der Waals surface area contributed by atoms with Gasteiger partial charge in [-0.05, 0) is 55.9 Å². The number of hydrogen-bond acceptors (Lipinski definition) is 4. The molecule has 0 bridgehead atoms. The van der Waals surface area contributed by atoms with Gasteiger partial charge in [-0.1, -0.05) is 25.7 Å². The number of nitrogens with one attached hydrogen (secondary N) is 2. The SMILES string of the molecule is COc1ccc(C(=O)NCCCNC(=O)[C@@H]2CCCN2C(=O)CCC2CCCC2)cc1. The molecule has 0 spiro atoms. The Balaban J connectivity index is 1.33. The smallest absolute Gasteiger partial charge is 0.251 e. The molecule has 7 heteroatoms. The largest absolute Gasteiger partial charge is 0.497 e. The molecule has 3 amide bonds. The first-order valence-corrected chi connectivity index (χ1v) is 11.6. The summed E-state index contributed by atoms with van der Waals surface area (Å²) in [6.45, 7) is 1.63. The molecule has 7 nitrogen and oxygen atoms in total. The van der Waals surface area contributed by atoms with E-state index in [1.165, 1.54) is 25.7 Å². The van der Waals surface area contributed by atoms with Crippen molar-refractivity contribution >= 4 is 17.7 Å². The van der Waals surface area contributed by atoms with Crippen molar-refractivity contribution in [2.45, 2.75) is 63.8 Å². The Kier molecular flexibility index (Phi) is 8.74. The molecule has 1 atom stereocenters. The van der Waals surface area contributed by atoms with Gasteiger partial charge in [0.2, 0.25) is 11.8 Å². The predicted molar refractivity (Wildman–Crippen MR) is 119 cm³/mol. The fourth-order valence-corrected chi connectivity index (χ4v) is 4.57. The Labute approximate surface area is 184 Å². The molecule has 0 aromatic heterocycles. The molecule has 1 aliphatic heterocycles. The fourth-order valence-electron chi connectivity index (χ4n) is 4.57. The second-order valence-corrected chi connectivity index (χ2v) is 8.56. The molecule has 2 N–H and O–H groups in total. The van der Waals surface area contributed by atoms with E-state index in [0.29, 0.717) is 49.7 Å². The number of nitrogens with zero attached hydrogens (tertiary/aromatic N) is 1. The number of hydrogen-bond donors (Lipinski definition) is 2. The molecule has 1 aromatic rings. The van der Waals surface area contributed by atoms with Crippen LogP contribution in [-0.2, 0) is 9.59 Å². The van der Waals surface area contributed by atoms with Gasteiger partial charge in [0.1, 0.15) is 11.8 Å². The number of likely N-dealkylation sites (tertiary alicyclic amines) is 1. The zero-order valence-electron chi connectivity index (χ0n) is 18.5. The van der Waals surface area contributed by atoms with Gasteiger partial charge in [0, 0.05) is 31.6 Å². The van der Waals surface area contributed by atoms with E-state index in [1.54, 1.807) is 36.3 Å². The molecule has 1 saturated heterocycles. The monoisotopic (exact) mass is 429 g/mol. The molecule has 3 rings (SSSR count). The van der Waals surface area contributed by atoms with Gasteiger partial charge in [0.05, 0.1) is 7.11 Å². The van der Waals surface area contributed by atoms with Crippen LogP contribution in [0.5, 0.6) is 5.75 Å². The van der Waals surface area contributed by atoms with Crippen molar-refractivity contribution in [1.29, 1.82) is 0 Å². The van der Waals surface area contributed by atoms with Gasteiger partial charge in [-0.25, -0.2) is 0 Å². The molecule has 0 unspecified atom stereocenters. The van der Waals surface area contributed by atoms with Crippen LogP contribution in [0.2, 0.25) is 0 Å². The highest BCUT2D eigenvalue weighted by Gasteiger charge is 2.33. The lowest BCUT2D eigenvalue weighted by Gasteiger charge is -2.24. The van der Waals surface area contributed by atoms with Crippen LogP contribution in [-0.4, -0.2) is 55.4 Å². The first kappa shape index (κ1) is 23.1. The number of ether oxygens (including phenoxy) is 1. The van der Waals surface area contributed by atoms with Gasteiger partial charge >= 0.3 is 0 Å². The molecule has 0 radical (unpaired) electrons. The van der Waals surface area contributed by atoms with Crippen molar-refractivity contribution in [3.8, 4) is 5.75 Å². The Morgan fingerprint density at radius 1 is 1.00 bits per heavy atom. The van der Waals surface area contributed by atoms with E-state index in [4.69, 9.17) is 4.74 Å². The van der Waals surface area contributed by atoms with Crippen LogP contribution in [0, 0.1) is 5.92 Å². The molecular formula is C24H35N3O4. The average molecular weight is 430 g/mol. The van der Waals surface area contributed by atoms with Gasteiger partial charge in [-0.2, -0.15) is 0 Å². The molecule has 2 aliphatic rings. The number of methoxy groups -OCH3 is 1. The van der Waals surface area contributed by atoms with E-state index in [-0.39, 0.29) is 23.8 Å². The summed E-state index contributed by atoms with van der Waals surface area (Å²) in [7, 11) is 1.58. The van der Waals surface area contributed by atoms with Gasteiger partial charge in [0.15, 0.2) is 0 Å². The van der Waals surface area contributed by atoms with Crippen LogP contribution < -0.4 is 15.4 Å². The van der Waals surface area contributed by atoms with E-state index in [9.17, 15) is 14.4 Å². The summed E-state index contributed by atoms with van der Waals surface area (Å²) in [6.07, 6.45) is 8.82. The molecule has 1 heterocycles. The maximum atomic E-state index is 12.6. The van der Waals surface area contributed by atoms with Crippen LogP contribution in [0.25, 0.3) is 0 Å². The van der Waals surface area contributed by atoms with Crippen molar-refractivity contribution in [2.24, 2.45) is 5.92 Å². The third kappa shape index (κ3) is 6.71. The minimum absolute atomic E-state index is 0.0757. The summed E-state index contributed by atoms with van der Waals surface area (Å²) in [6, 6.07) is 6.59. The predicted octanol–water partition coefficient (Wildman–Crippen LogP) is 2.89. The summed E-state index contributed by atoms with van der Waals surface area (Å²) < 4.78 is 5.09. The quantitative estimate of drug-likeness (QED) is 0.560. The molecule has 2 fully saturated rings. The van der Waals surface area contributed by atoms with Crippen molar-refractivity contribution < 1.29 is 19.1 Å². The Morgan fingerprint density at radius 2 is 1.71 bits per heavy atom. The number of rotatable bonds is 10. The number of amides is 3. The summed E-state index contributed by atoms with van der Waals surface area (Å²) in [5.74, 6) is 1.29. The lowest BCUT2D eigenvalue weighted by Crippen LogP contribution is -2.46. The Bertz CT molecular complexity index is 744. The van der Waals surface area contributed by atoms with E-state index < -0.39 is 0 Å². The summed E-state index contributed by atoms with van der Waals surface area (Å²) in [5, 5.41) is 5.79. The fraction of sp³-hybridized carbons (Fsp3) is 0.625. The van der Waals surface area contributed by atoms with Crippen LogP contribution in [0.1, 0.15) is 68.1 Å². The van der Waals surface area contributed by atoms with Crippen LogP contribution in [0.15, 0.2) is 24.3 Å². The highest BCUT2D eigenvalue weighted by molar-refractivity contribution is 5.94. The van der Waals surface area contributed by atoms with Gasteiger partial charge < -0.3 is 20.3 Å². The molecular weight excluding hydrogens is 394 g/mol. The van der Waals surface area contributed by atoms with Gasteiger partial charge in [0.25, 0.3) is 5.91 Å². The van der Waals surface area contributed by atoms with Crippen molar-refractivity contribution in [1.82, 2.24) is 15.5 Å². The first-order chi connectivity index (χ1) is 15.1. The molecule has 31 heavy (non-hydrogen) atoms. The zero-order valence-corrected chi connectivity index (χ0v) is 18.5.